The molecule has 0 aliphatic heterocycles. The zero-order valence-electron chi connectivity index (χ0n) is 10.3. The van der Waals surface area contributed by atoms with Gasteiger partial charge in [-0.1, -0.05) is 5.21 Å². The Morgan fingerprint density at radius 1 is 1.53 bits per heavy atom. The zero-order valence-corrected chi connectivity index (χ0v) is 10.3. The van der Waals surface area contributed by atoms with Crippen LogP contribution >= 0.6 is 0 Å². The third kappa shape index (κ3) is 3.27. The third-order valence-electron chi connectivity index (χ3n) is 2.59. The molecule has 0 fully saturated rings. The van der Waals surface area contributed by atoms with Crippen LogP contribution in [-0.2, 0) is 6.54 Å². The van der Waals surface area contributed by atoms with E-state index in [0.717, 1.165) is 5.69 Å². The minimum absolute atomic E-state index is 0.0855. The molecule has 2 N–H and O–H groups in total. The van der Waals surface area contributed by atoms with Crippen LogP contribution in [0, 0.1) is 12.7 Å². The number of aryl methyl sites for hydroxylation is 1. The molecule has 100 valence electrons. The summed E-state index contributed by atoms with van der Waals surface area (Å²) < 4.78 is 14.5. The summed E-state index contributed by atoms with van der Waals surface area (Å²) in [4.78, 5) is 10.6. The second-order valence-electron chi connectivity index (χ2n) is 4.06. The summed E-state index contributed by atoms with van der Waals surface area (Å²) in [6, 6.07) is 4.75. The Balaban J connectivity index is 1.88. The third-order valence-corrected chi connectivity index (χ3v) is 2.59. The maximum absolute atomic E-state index is 13.1. The summed E-state index contributed by atoms with van der Waals surface area (Å²) in [5.74, 6) is -1.35. The number of aromatic nitrogens is 3. The molecule has 0 aliphatic rings. The Morgan fingerprint density at radius 3 is 2.95 bits per heavy atom. The molecular weight excluding hydrogens is 251 g/mol. The SMILES string of the molecule is Cc1cc(NCCn2cc(C(=O)O)nn2)ccc1F. The fraction of sp³-hybridized carbons (Fsp3) is 0.250. The first-order valence-electron chi connectivity index (χ1n) is 5.70. The van der Waals surface area contributed by atoms with E-state index in [1.54, 1.807) is 19.1 Å². The van der Waals surface area contributed by atoms with E-state index in [4.69, 9.17) is 5.11 Å². The second kappa shape index (κ2) is 5.47. The quantitative estimate of drug-likeness (QED) is 0.856. The van der Waals surface area contributed by atoms with E-state index in [-0.39, 0.29) is 11.5 Å². The molecule has 2 rings (SSSR count). The molecule has 1 aromatic heterocycles. The predicted molar refractivity (Wildman–Crippen MR) is 66.6 cm³/mol. The smallest absolute Gasteiger partial charge is 0.358 e. The molecule has 0 unspecified atom stereocenters. The highest BCUT2D eigenvalue weighted by atomic mass is 19.1. The van der Waals surface area contributed by atoms with Gasteiger partial charge in [0, 0.05) is 12.2 Å². The summed E-state index contributed by atoms with van der Waals surface area (Å²) in [5.41, 5.74) is 1.29. The maximum Gasteiger partial charge on any atom is 0.358 e. The van der Waals surface area contributed by atoms with Crippen LogP contribution in [-0.4, -0.2) is 32.6 Å². The summed E-state index contributed by atoms with van der Waals surface area (Å²) in [5, 5.41) is 19.0. The second-order valence-corrected chi connectivity index (χ2v) is 4.06. The fourth-order valence-electron chi connectivity index (χ4n) is 1.58. The van der Waals surface area contributed by atoms with Gasteiger partial charge in [-0.05, 0) is 30.7 Å². The van der Waals surface area contributed by atoms with Crippen LogP contribution in [0.4, 0.5) is 10.1 Å². The highest BCUT2D eigenvalue weighted by Gasteiger charge is 2.07. The van der Waals surface area contributed by atoms with Crippen molar-refractivity contribution in [1.29, 1.82) is 0 Å². The first kappa shape index (κ1) is 13.0. The summed E-state index contributed by atoms with van der Waals surface area (Å²) >= 11 is 0. The van der Waals surface area contributed by atoms with Gasteiger partial charge in [-0.2, -0.15) is 0 Å². The molecule has 0 spiro atoms. The minimum atomic E-state index is -1.10. The van der Waals surface area contributed by atoms with Crippen molar-refractivity contribution < 1.29 is 14.3 Å². The number of carbonyl (C=O) groups is 1. The van der Waals surface area contributed by atoms with Gasteiger partial charge in [0.2, 0.25) is 0 Å². The normalized spacial score (nSPS) is 10.4. The minimum Gasteiger partial charge on any atom is -0.476 e. The van der Waals surface area contributed by atoms with Crippen LogP contribution in [0.15, 0.2) is 24.4 Å². The van der Waals surface area contributed by atoms with Gasteiger partial charge in [0.25, 0.3) is 0 Å². The molecule has 1 aromatic carbocycles. The lowest BCUT2D eigenvalue weighted by Gasteiger charge is -2.07. The highest BCUT2D eigenvalue weighted by molar-refractivity contribution is 5.84. The molecule has 7 heteroatoms. The average Bonchev–Trinajstić information content (AvgIpc) is 2.83. The number of carboxylic acids is 1. The zero-order chi connectivity index (χ0) is 13.8. The molecule has 19 heavy (non-hydrogen) atoms. The molecule has 0 amide bonds. The van der Waals surface area contributed by atoms with Gasteiger partial charge in [0.1, 0.15) is 5.82 Å². The summed E-state index contributed by atoms with van der Waals surface area (Å²) in [6.45, 7) is 2.70. The molecule has 2 aromatic rings. The van der Waals surface area contributed by atoms with E-state index in [2.05, 4.69) is 15.6 Å². The first-order chi connectivity index (χ1) is 9.06. The van der Waals surface area contributed by atoms with E-state index in [1.807, 2.05) is 0 Å². The molecule has 6 nitrogen and oxygen atoms in total. The largest absolute Gasteiger partial charge is 0.476 e. The van der Waals surface area contributed by atoms with Crippen LogP contribution in [0.2, 0.25) is 0 Å². The van der Waals surface area contributed by atoms with Gasteiger partial charge in [0.15, 0.2) is 5.69 Å². The molecule has 0 bridgehead atoms. The van der Waals surface area contributed by atoms with Crippen molar-refractivity contribution in [2.45, 2.75) is 13.5 Å². The predicted octanol–water partition coefficient (Wildman–Crippen LogP) is 1.54. The number of anilines is 1. The number of hydrogen-bond acceptors (Lipinski definition) is 4. The monoisotopic (exact) mass is 264 g/mol. The van der Waals surface area contributed by atoms with Gasteiger partial charge >= 0.3 is 5.97 Å². The Labute approximate surface area is 108 Å². The van der Waals surface area contributed by atoms with E-state index >= 15 is 0 Å². The molecule has 0 radical (unpaired) electrons. The first-order valence-corrected chi connectivity index (χ1v) is 5.70. The Kier molecular flexibility index (Phi) is 3.74. The fourth-order valence-corrected chi connectivity index (χ4v) is 1.58. The van der Waals surface area contributed by atoms with Gasteiger partial charge in [0.05, 0.1) is 12.7 Å². The van der Waals surface area contributed by atoms with E-state index in [1.165, 1.54) is 16.9 Å². The average molecular weight is 264 g/mol. The molecule has 0 saturated carbocycles. The lowest BCUT2D eigenvalue weighted by molar-refractivity contribution is 0.0690. The number of carboxylic acid groups (broad SMARTS) is 1. The number of aromatic carboxylic acids is 1. The number of hydrogen-bond donors (Lipinski definition) is 2. The number of nitrogens with zero attached hydrogens (tertiary/aromatic N) is 3. The van der Waals surface area contributed by atoms with E-state index in [0.29, 0.717) is 18.7 Å². The van der Waals surface area contributed by atoms with Crippen molar-refractivity contribution in [3.63, 3.8) is 0 Å². The number of rotatable bonds is 5. The topological polar surface area (TPSA) is 80.0 Å². The summed E-state index contributed by atoms with van der Waals surface area (Å²) in [6.07, 6.45) is 1.36. The van der Waals surface area contributed by atoms with Crippen molar-refractivity contribution in [3.05, 3.63) is 41.5 Å². The van der Waals surface area contributed by atoms with Gasteiger partial charge < -0.3 is 10.4 Å². The van der Waals surface area contributed by atoms with Crippen LogP contribution in [0.3, 0.4) is 0 Å². The number of halogens is 1. The Bertz CT molecular complexity index is 597. The Morgan fingerprint density at radius 2 is 2.32 bits per heavy atom. The standard InChI is InChI=1S/C12H13FN4O2/c1-8-6-9(2-3-10(8)13)14-4-5-17-7-11(12(18)19)15-16-17/h2-3,6-7,14H,4-5H2,1H3,(H,18,19). The molecule has 0 aliphatic carbocycles. The van der Waals surface area contributed by atoms with Crippen molar-refractivity contribution in [2.24, 2.45) is 0 Å². The molecule has 1 heterocycles. The van der Waals surface area contributed by atoms with Crippen molar-refractivity contribution >= 4 is 11.7 Å². The van der Waals surface area contributed by atoms with Gasteiger partial charge in [-0.15, -0.1) is 5.10 Å². The van der Waals surface area contributed by atoms with Crippen LogP contribution in [0.5, 0.6) is 0 Å². The maximum atomic E-state index is 13.1. The summed E-state index contributed by atoms with van der Waals surface area (Å²) in [7, 11) is 0. The lowest BCUT2D eigenvalue weighted by Crippen LogP contribution is -2.11. The highest BCUT2D eigenvalue weighted by Crippen LogP contribution is 2.13. The van der Waals surface area contributed by atoms with Crippen LogP contribution < -0.4 is 5.32 Å². The van der Waals surface area contributed by atoms with Gasteiger partial charge in [-0.3, -0.25) is 0 Å². The van der Waals surface area contributed by atoms with Crippen LogP contribution in [0.25, 0.3) is 0 Å². The van der Waals surface area contributed by atoms with E-state index < -0.39 is 5.97 Å². The molecule has 0 saturated heterocycles. The molecule has 0 atom stereocenters. The number of benzene rings is 1. The van der Waals surface area contributed by atoms with Crippen molar-refractivity contribution in [2.75, 3.05) is 11.9 Å². The van der Waals surface area contributed by atoms with Crippen molar-refractivity contribution in [3.8, 4) is 0 Å². The van der Waals surface area contributed by atoms with Crippen LogP contribution in [0.1, 0.15) is 16.1 Å². The lowest BCUT2D eigenvalue weighted by atomic mass is 10.2. The van der Waals surface area contributed by atoms with Gasteiger partial charge in [-0.25, -0.2) is 13.9 Å². The van der Waals surface area contributed by atoms with E-state index in [9.17, 15) is 9.18 Å². The van der Waals surface area contributed by atoms with Crippen molar-refractivity contribution in [1.82, 2.24) is 15.0 Å². The number of nitrogens with one attached hydrogen (secondary N) is 1. The Hall–Kier alpha value is -2.44. The molecular formula is C12H13FN4O2.